The first-order valence-corrected chi connectivity index (χ1v) is 9.74. The van der Waals surface area contributed by atoms with Gasteiger partial charge in [0.15, 0.2) is 9.84 Å². The van der Waals surface area contributed by atoms with E-state index in [2.05, 4.69) is 0 Å². The van der Waals surface area contributed by atoms with Crippen molar-refractivity contribution in [2.45, 2.75) is 63.7 Å². The van der Waals surface area contributed by atoms with E-state index >= 15 is 0 Å². The fourth-order valence-corrected chi connectivity index (χ4v) is 5.27. The Morgan fingerprint density at radius 1 is 1.23 bits per heavy atom. The minimum Gasteiger partial charge on any atom is -0.338 e. The maximum absolute atomic E-state index is 12.7. The van der Waals surface area contributed by atoms with Crippen molar-refractivity contribution in [1.29, 1.82) is 0 Å². The molecule has 0 spiro atoms. The Bertz CT molecular complexity index is 489. The van der Waals surface area contributed by atoms with Crippen LogP contribution in [0.3, 0.4) is 0 Å². The molecule has 2 fully saturated rings. The van der Waals surface area contributed by atoms with Gasteiger partial charge in [0.25, 0.3) is 0 Å². The van der Waals surface area contributed by atoms with Crippen molar-refractivity contribution in [1.82, 2.24) is 4.90 Å². The third-order valence-electron chi connectivity index (χ3n) is 5.55. The number of rotatable bonds is 3. The Kier molecular flexibility index (Phi) is 6.72. The molecule has 1 aliphatic heterocycles. The molecule has 0 bridgehead atoms. The van der Waals surface area contributed by atoms with Crippen LogP contribution < -0.4 is 5.73 Å². The standard InChI is InChI=1S/C15H28N2O3S.ClH/c1-12-13(2)21(19,20)9-8-17(12)14(18)10-15(11-16)6-4-3-5-7-15;/h12-13H,3-11,16H2,1-2H3;1H. The highest BCUT2D eigenvalue weighted by Gasteiger charge is 2.41. The van der Waals surface area contributed by atoms with Gasteiger partial charge in [0.2, 0.25) is 5.91 Å². The smallest absolute Gasteiger partial charge is 0.223 e. The van der Waals surface area contributed by atoms with Gasteiger partial charge in [0.05, 0.1) is 11.0 Å². The van der Waals surface area contributed by atoms with Crippen LogP contribution in [0.25, 0.3) is 0 Å². The molecule has 2 N–H and O–H groups in total. The second kappa shape index (κ2) is 7.49. The highest BCUT2D eigenvalue weighted by Crippen LogP contribution is 2.39. The largest absolute Gasteiger partial charge is 0.338 e. The van der Waals surface area contributed by atoms with E-state index in [0.29, 0.717) is 19.5 Å². The molecule has 2 aliphatic rings. The lowest BCUT2D eigenvalue weighted by Crippen LogP contribution is -2.55. The van der Waals surface area contributed by atoms with Gasteiger partial charge in [-0.05, 0) is 38.6 Å². The van der Waals surface area contributed by atoms with Gasteiger partial charge in [-0.2, -0.15) is 0 Å². The molecule has 2 unspecified atom stereocenters. The molecule has 0 aromatic rings. The summed E-state index contributed by atoms with van der Waals surface area (Å²) in [4.78, 5) is 14.4. The number of hydrogen-bond donors (Lipinski definition) is 1. The molecule has 7 heteroatoms. The van der Waals surface area contributed by atoms with Crippen molar-refractivity contribution in [3.05, 3.63) is 0 Å². The van der Waals surface area contributed by atoms with Crippen LogP contribution in [-0.2, 0) is 14.6 Å². The fourth-order valence-electron chi connectivity index (χ4n) is 3.70. The molecule has 2 atom stereocenters. The summed E-state index contributed by atoms with van der Waals surface area (Å²) in [5.74, 6) is 0.163. The molecule has 2 rings (SSSR count). The predicted octanol–water partition coefficient (Wildman–Crippen LogP) is 1.74. The van der Waals surface area contributed by atoms with Crippen molar-refractivity contribution in [3.8, 4) is 0 Å². The molecule has 0 radical (unpaired) electrons. The van der Waals surface area contributed by atoms with Gasteiger partial charge >= 0.3 is 0 Å². The van der Waals surface area contributed by atoms with Crippen molar-refractivity contribution < 1.29 is 13.2 Å². The van der Waals surface area contributed by atoms with Crippen LogP contribution >= 0.6 is 12.4 Å². The Hall–Kier alpha value is -0.330. The van der Waals surface area contributed by atoms with Gasteiger partial charge in [-0.25, -0.2) is 8.42 Å². The topological polar surface area (TPSA) is 80.5 Å². The number of nitrogens with two attached hydrogens (primary N) is 1. The van der Waals surface area contributed by atoms with Crippen molar-refractivity contribution in [2.24, 2.45) is 11.1 Å². The molecule has 130 valence electrons. The number of sulfone groups is 1. The fraction of sp³-hybridized carbons (Fsp3) is 0.933. The number of carbonyl (C=O) groups excluding carboxylic acids is 1. The van der Waals surface area contributed by atoms with E-state index in [9.17, 15) is 13.2 Å². The molecule has 1 aliphatic carbocycles. The van der Waals surface area contributed by atoms with Crippen LogP contribution in [0.15, 0.2) is 0 Å². The molecule has 0 aromatic heterocycles. The van der Waals surface area contributed by atoms with E-state index in [1.807, 2.05) is 6.92 Å². The van der Waals surface area contributed by atoms with E-state index in [4.69, 9.17) is 5.73 Å². The minimum absolute atomic E-state index is 0. The maximum Gasteiger partial charge on any atom is 0.223 e. The SMILES string of the molecule is CC1C(C)S(=O)(=O)CCN1C(=O)CC1(CN)CCCCC1.Cl. The molecular formula is C15H29ClN2O3S. The second-order valence-corrected chi connectivity index (χ2v) is 9.32. The first-order valence-electron chi connectivity index (χ1n) is 8.02. The summed E-state index contributed by atoms with van der Waals surface area (Å²) in [6.45, 7) is 4.43. The molecule has 0 aromatic carbocycles. The van der Waals surface area contributed by atoms with Crippen LogP contribution in [0, 0.1) is 5.41 Å². The molecule has 1 heterocycles. The number of amides is 1. The van der Waals surface area contributed by atoms with Crippen molar-refractivity contribution in [3.63, 3.8) is 0 Å². The second-order valence-electron chi connectivity index (χ2n) is 6.84. The van der Waals surface area contributed by atoms with E-state index < -0.39 is 15.1 Å². The average molecular weight is 353 g/mol. The Balaban J connectivity index is 0.00000242. The minimum atomic E-state index is -3.05. The van der Waals surface area contributed by atoms with Gasteiger partial charge in [0, 0.05) is 19.0 Å². The van der Waals surface area contributed by atoms with Crippen molar-refractivity contribution >= 4 is 28.2 Å². The van der Waals surface area contributed by atoms with Gasteiger partial charge < -0.3 is 10.6 Å². The van der Waals surface area contributed by atoms with Crippen LogP contribution in [0.1, 0.15) is 52.4 Å². The highest BCUT2D eigenvalue weighted by atomic mass is 35.5. The molecule has 1 saturated heterocycles. The number of carbonyl (C=O) groups is 1. The monoisotopic (exact) mass is 352 g/mol. The summed E-state index contributed by atoms with van der Waals surface area (Å²) in [5.41, 5.74) is 5.89. The summed E-state index contributed by atoms with van der Waals surface area (Å²) < 4.78 is 23.8. The molecule has 1 saturated carbocycles. The summed E-state index contributed by atoms with van der Waals surface area (Å²) in [6.07, 6.45) is 6.03. The van der Waals surface area contributed by atoms with Gasteiger partial charge in [-0.1, -0.05) is 19.3 Å². The quantitative estimate of drug-likeness (QED) is 0.838. The van der Waals surface area contributed by atoms with Crippen LogP contribution in [0.4, 0.5) is 0 Å². The van der Waals surface area contributed by atoms with E-state index in [0.717, 1.165) is 25.7 Å². The lowest BCUT2D eigenvalue weighted by atomic mass is 9.71. The van der Waals surface area contributed by atoms with E-state index in [1.165, 1.54) is 6.42 Å². The Morgan fingerprint density at radius 3 is 2.36 bits per heavy atom. The summed E-state index contributed by atoms with van der Waals surface area (Å²) in [7, 11) is -3.05. The zero-order valence-electron chi connectivity index (χ0n) is 13.6. The molecule has 5 nitrogen and oxygen atoms in total. The van der Waals surface area contributed by atoms with E-state index in [1.54, 1.807) is 11.8 Å². The molecular weight excluding hydrogens is 324 g/mol. The summed E-state index contributed by atoms with van der Waals surface area (Å²) in [5, 5.41) is -0.476. The zero-order chi connectivity index (χ0) is 15.7. The first kappa shape index (κ1) is 19.7. The Morgan fingerprint density at radius 2 is 1.82 bits per heavy atom. The number of nitrogens with zero attached hydrogens (tertiary/aromatic N) is 1. The Labute approximate surface area is 140 Å². The first-order chi connectivity index (χ1) is 9.81. The number of hydrogen-bond acceptors (Lipinski definition) is 4. The zero-order valence-corrected chi connectivity index (χ0v) is 15.2. The summed E-state index contributed by atoms with van der Waals surface area (Å²) >= 11 is 0. The maximum atomic E-state index is 12.7. The predicted molar refractivity (Wildman–Crippen MR) is 90.9 cm³/mol. The van der Waals surface area contributed by atoms with Crippen molar-refractivity contribution in [2.75, 3.05) is 18.8 Å². The van der Waals surface area contributed by atoms with Crippen LogP contribution in [0.2, 0.25) is 0 Å². The van der Waals surface area contributed by atoms with Gasteiger partial charge in [0.1, 0.15) is 0 Å². The lowest BCUT2D eigenvalue weighted by molar-refractivity contribution is -0.136. The van der Waals surface area contributed by atoms with Gasteiger partial charge in [-0.3, -0.25) is 4.79 Å². The normalized spacial score (nSPS) is 30.4. The molecule has 1 amide bonds. The van der Waals surface area contributed by atoms with Crippen LogP contribution in [0.5, 0.6) is 0 Å². The van der Waals surface area contributed by atoms with E-state index in [-0.39, 0.29) is 35.5 Å². The summed E-state index contributed by atoms with van der Waals surface area (Å²) in [6, 6.07) is -0.241. The highest BCUT2D eigenvalue weighted by molar-refractivity contribution is 7.92. The van der Waals surface area contributed by atoms with Gasteiger partial charge in [-0.15, -0.1) is 12.4 Å². The lowest BCUT2D eigenvalue weighted by Gasteiger charge is -2.41. The number of halogens is 1. The third kappa shape index (κ3) is 3.95. The van der Waals surface area contributed by atoms with Crippen LogP contribution in [-0.4, -0.2) is 49.4 Å². The molecule has 22 heavy (non-hydrogen) atoms. The third-order valence-corrected chi connectivity index (χ3v) is 7.83. The average Bonchev–Trinajstić information content (AvgIpc) is 2.46.